The van der Waals surface area contributed by atoms with Gasteiger partial charge in [0.2, 0.25) is 0 Å². The average molecular weight is 386 g/mol. The summed E-state index contributed by atoms with van der Waals surface area (Å²) in [6.07, 6.45) is 4.49. The molecule has 28 heavy (non-hydrogen) atoms. The lowest BCUT2D eigenvalue weighted by Gasteiger charge is -2.33. The lowest BCUT2D eigenvalue weighted by molar-refractivity contribution is 0.0203. The van der Waals surface area contributed by atoms with Gasteiger partial charge in [-0.15, -0.1) is 0 Å². The predicted octanol–water partition coefficient (Wildman–Crippen LogP) is 2.73. The van der Waals surface area contributed by atoms with Gasteiger partial charge in [-0.3, -0.25) is 9.59 Å². The highest BCUT2D eigenvalue weighted by Crippen LogP contribution is 2.34. The molecule has 2 fully saturated rings. The molecular weight excluding hydrogens is 360 g/mol. The Labute approximate surface area is 162 Å². The number of hydrogen-bond acceptors (Lipinski definition) is 5. The Kier molecular flexibility index (Phi) is 4.51. The summed E-state index contributed by atoms with van der Waals surface area (Å²) in [6.45, 7) is 6.67. The molecular formula is C20H26N4O4. The van der Waals surface area contributed by atoms with E-state index in [2.05, 4.69) is 10.1 Å². The molecule has 150 valence electrons. The van der Waals surface area contributed by atoms with Crippen molar-refractivity contribution in [3.8, 4) is 0 Å². The van der Waals surface area contributed by atoms with Gasteiger partial charge in [0.25, 0.3) is 5.56 Å². The fourth-order valence-corrected chi connectivity index (χ4v) is 3.73. The first-order chi connectivity index (χ1) is 13.2. The topological polar surface area (TPSA) is 96.8 Å². The number of aromatic amines is 1. The van der Waals surface area contributed by atoms with E-state index in [1.165, 1.54) is 0 Å². The highest BCUT2D eigenvalue weighted by Gasteiger charge is 2.33. The van der Waals surface area contributed by atoms with Crippen LogP contribution in [0.15, 0.2) is 17.1 Å². The van der Waals surface area contributed by atoms with Crippen LogP contribution in [0.1, 0.15) is 68.4 Å². The van der Waals surface area contributed by atoms with Gasteiger partial charge in [0.05, 0.1) is 17.5 Å². The van der Waals surface area contributed by atoms with Gasteiger partial charge in [-0.05, 0) is 46.5 Å². The van der Waals surface area contributed by atoms with Gasteiger partial charge in [0, 0.05) is 31.0 Å². The molecule has 4 rings (SSSR count). The highest BCUT2D eigenvalue weighted by atomic mass is 16.6. The van der Waals surface area contributed by atoms with Crippen LogP contribution in [0.3, 0.4) is 0 Å². The van der Waals surface area contributed by atoms with E-state index in [4.69, 9.17) is 4.74 Å². The molecule has 0 unspecified atom stereocenters. The first-order valence-electron chi connectivity index (χ1n) is 9.86. The summed E-state index contributed by atoms with van der Waals surface area (Å²) < 4.78 is 7.13. The monoisotopic (exact) mass is 386 g/mol. The number of amides is 1. The number of aromatic nitrogens is 3. The van der Waals surface area contributed by atoms with E-state index in [1.807, 2.05) is 20.8 Å². The van der Waals surface area contributed by atoms with E-state index in [0.29, 0.717) is 37.1 Å². The van der Waals surface area contributed by atoms with Crippen molar-refractivity contribution in [1.82, 2.24) is 19.5 Å². The van der Waals surface area contributed by atoms with Crippen LogP contribution in [0.5, 0.6) is 0 Å². The third-order valence-corrected chi connectivity index (χ3v) is 5.31. The van der Waals surface area contributed by atoms with E-state index >= 15 is 0 Å². The Balaban J connectivity index is 1.55. The lowest BCUT2D eigenvalue weighted by Crippen LogP contribution is -2.41. The Morgan fingerprint density at radius 2 is 1.86 bits per heavy atom. The van der Waals surface area contributed by atoms with Crippen molar-refractivity contribution in [2.45, 2.75) is 58.0 Å². The zero-order chi connectivity index (χ0) is 20.1. The number of nitrogens with one attached hydrogen (secondary N) is 1. The van der Waals surface area contributed by atoms with E-state index < -0.39 is 5.60 Å². The van der Waals surface area contributed by atoms with Crippen LogP contribution in [0.4, 0.5) is 4.79 Å². The molecule has 1 aliphatic carbocycles. The van der Waals surface area contributed by atoms with E-state index in [1.54, 1.807) is 21.7 Å². The van der Waals surface area contributed by atoms with E-state index in [-0.39, 0.29) is 29.3 Å². The molecule has 8 nitrogen and oxygen atoms in total. The van der Waals surface area contributed by atoms with Gasteiger partial charge in [-0.1, -0.05) is 0 Å². The maximum atomic E-state index is 12.5. The van der Waals surface area contributed by atoms with Gasteiger partial charge >= 0.3 is 6.09 Å². The number of ether oxygens (including phenoxy) is 1. The smallest absolute Gasteiger partial charge is 0.410 e. The second-order valence-electron chi connectivity index (χ2n) is 8.76. The van der Waals surface area contributed by atoms with Crippen molar-refractivity contribution in [1.29, 1.82) is 0 Å². The summed E-state index contributed by atoms with van der Waals surface area (Å²) in [6, 6.07) is 1.55. The number of fused-ring (bicyclic) bond motifs is 1. The number of carbonyl (C=O) groups excluding carboxylic acids is 2. The Hall–Kier alpha value is -2.64. The third kappa shape index (κ3) is 3.68. The summed E-state index contributed by atoms with van der Waals surface area (Å²) in [5.74, 6) is 0.215. The molecule has 1 amide bonds. The molecule has 1 N–H and O–H groups in total. The van der Waals surface area contributed by atoms with Gasteiger partial charge in [-0.25, -0.2) is 9.31 Å². The van der Waals surface area contributed by atoms with Crippen LogP contribution >= 0.6 is 0 Å². The Morgan fingerprint density at radius 3 is 2.46 bits per heavy atom. The molecule has 2 aliphatic rings. The fourth-order valence-electron chi connectivity index (χ4n) is 3.73. The number of rotatable bonds is 3. The van der Waals surface area contributed by atoms with Gasteiger partial charge < -0.3 is 14.6 Å². The number of carbonyl (C=O) groups is 2. The fraction of sp³-hybridized carbons (Fsp3) is 0.600. The largest absolute Gasteiger partial charge is 0.444 e. The minimum absolute atomic E-state index is 0.0579. The summed E-state index contributed by atoms with van der Waals surface area (Å²) in [5, 5.41) is 4.39. The Bertz CT molecular complexity index is 972. The maximum Gasteiger partial charge on any atom is 0.410 e. The number of ketones is 1. The molecule has 0 radical (unpaired) electrons. The molecule has 8 heteroatoms. The quantitative estimate of drug-likeness (QED) is 0.818. The molecule has 0 aromatic carbocycles. The second-order valence-corrected chi connectivity index (χ2v) is 8.76. The number of nitrogens with zero attached hydrogens (tertiary/aromatic N) is 3. The minimum Gasteiger partial charge on any atom is -0.444 e. The molecule has 1 aliphatic heterocycles. The van der Waals surface area contributed by atoms with Gasteiger partial charge in [0.1, 0.15) is 11.2 Å². The molecule has 0 atom stereocenters. The zero-order valence-electron chi connectivity index (χ0n) is 16.5. The molecule has 0 bridgehead atoms. The summed E-state index contributed by atoms with van der Waals surface area (Å²) in [5.41, 5.74) is 1.01. The number of likely N-dealkylation sites (tertiary alicyclic amines) is 1. The van der Waals surface area contributed by atoms with Gasteiger partial charge in [0.15, 0.2) is 5.78 Å². The SMILES string of the molecule is CC(C)(C)OC(=O)N1CCC(c2cc(=O)[nH]c3c(C(=O)C4CC4)cnn23)CC1. The summed E-state index contributed by atoms with van der Waals surface area (Å²) in [7, 11) is 0. The average Bonchev–Trinajstić information content (AvgIpc) is 3.39. The summed E-state index contributed by atoms with van der Waals surface area (Å²) in [4.78, 5) is 41.5. The molecule has 0 spiro atoms. The number of hydrogen-bond donors (Lipinski definition) is 1. The van der Waals surface area contributed by atoms with Crippen molar-refractivity contribution in [2.75, 3.05) is 13.1 Å². The zero-order valence-corrected chi connectivity index (χ0v) is 16.5. The molecule has 1 saturated carbocycles. The number of piperidine rings is 1. The highest BCUT2D eigenvalue weighted by molar-refractivity contribution is 6.03. The Morgan fingerprint density at radius 1 is 1.18 bits per heavy atom. The number of H-pyrrole nitrogens is 1. The van der Waals surface area contributed by atoms with Crippen LogP contribution in [0.2, 0.25) is 0 Å². The van der Waals surface area contributed by atoms with Gasteiger partial charge in [-0.2, -0.15) is 5.10 Å². The van der Waals surface area contributed by atoms with Crippen molar-refractivity contribution >= 4 is 17.5 Å². The standard InChI is InChI=1S/C20H26N4O4/c1-20(2,3)28-19(27)23-8-6-12(7-9-23)15-10-16(25)22-18-14(11-21-24(15)18)17(26)13-4-5-13/h10-13H,4-9H2,1-3H3,(H,22,25). The van der Waals surface area contributed by atoms with Crippen molar-refractivity contribution in [3.63, 3.8) is 0 Å². The van der Waals surface area contributed by atoms with Crippen LogP contribution in [0.25, 0.3) is 5.65 Å². The van der Waals surface area contributed by atoms with Crippen molar-refractivity contribution < 1.29 is 14.3 Å². The van der Waals surface area contributed by atoms with Crippen molar-refractivity contribution in [3.05, 3.63) is 33.9 Å². The second kappa shape index (κ2) is 6.76. The van der Waals surface area contributed by atoms with Crippen LogP contribution < -0.4 is 5.56 Å². The normalized spacial score (nSPS) is 18.5. The lowest BCUT2D eigenvalue weighted by atomic mass is 9.93. The molecule has 1 saturated heterocycles. The maximum absolute atomic E-state index is 12.5. The molecule has 3 heterocycles. The van der Waals surface area contributed by atoms with Crippen molar-refractivity contribution in [2.24, 2.45) is 5.92 Å². The first-order valence-corrected chi connectivity index (χ1v) is 9.86. The van der Waals surface area contributed by atoms with E-state index in [9.17, 15) is 14.4 Å². The predicted molar refractivity (Wildman–Crippen MR) is 103 cm³/mol. The number of Topliss-reactive ketones (excluding diaryl/α,β-unsaturated/α-hetero) is 1. The first kappa shape index (κ1) is 18.7. The van der Waals surface area contributed by atoms with E-state index in [0.717, 1.165) is 18.5 Å². The summed E-state index contributed by atoms with van der Waals surface area (Å²) >= 11 is 0. The van der Waals surface area contributed by atoms with Crippen LogP contribution in [0, 0.1) is 5.92 Å². The van der Waals surface area contributed by atoms with Crippen LogP contribution in [-0.2, 0) is 4.74 Å². The third-order valence-electron chi connectivity index (χ3n) is 5.31. The minimum atomic E-state index is -0.521. The molecule has 2 aromatic heterocycles. The molecule has 2 aromatic rings. The van der Waals surface area contributed by atoms with Crippen LogP contribution in [-0.4, -0.2) is 50.1 Å².